The number of hydrogen-bond donors (Lipinski definition) is 0. The Bertz CT molecular complexity index is 692. The molecule has 100 valence electrons. The van der Waals surface area contributed by atoms with Crippen molar-refractivity contribution in [1.82, 2.24) is 9.55 Å². The van der Waals surface area contributed by atoms with E-state index in [1.807, 2.05) is 35.0 Å². The smallest absolute Gasteiger partial charge is 0.152 e. The minimum Gasteiger partial charge on any atom is -0.327 e. The molecule has 1 saturated heterocycles. The second kappa shape index (κ2) is 4.90. The topological polar surface area (TPSA) is 52.0 Å². The first kappa shape index (κ1) is 13.1. The van der Waals surface area contributed by atoms with Gasteiger partial charge in [0.1, 0.15) is 5.82 Å². The molecule has 19 heavy (non-hydrogen) atoms. The lowest BCUT2D eigenvalue weighted by molar-refractivity contribution is 0.560. The molecule has 1 aromatic heterocycles. The van der Waals surface area contributed by atoms with Crippen LogP contribution < -0.4 is 0 Å². The summed E-state index contributed by atoms with van der Waals surface area (Å²) in [5.41, 5.74) is 1.02. The highest BCUT2D eigenvalue weighted by atomic mass is 127. The average molecular weight is 388 g/mol. The summed E-state index contributed by atoms with van der Waals surface area (Å²) in [7, 11) is -2.88. The van der Waals surface area contributed by atoms with Crippen LogP contribution in [0.4, 0.5) is 0 Å². The zero-order valence-electron chi connectivity index (χ0n) is 10.2. The summed E-state index contributed by atoms with van der Waals surface area (Å²) < 4.78 is 26.3. The van der Waals surface area contributed by atoms with Crippen LogP contribution in [-0.2, 0) is 9.84 Å². The van der Waals surface area contributed by atoms with Crippen LogP contribution in [-0.4, -0.2) is 29.5 Å². The molecule has 0 saturated carbocycles. The van der Waals surface area contributed by atoms with E-state index in [-0.39, 0.29) is 17.5 Å². The van der Waals surface area contributed by atoms with E-state index in [4.69, 9.17) is 0 Å². The van der Waals surface area contributed by atoms with E-state index in [2.05, 4.69) is 27.6 Å². The first-order chi connectivity index (χ1) is 9.05. The predicted octanol–water partition coefficient (Wildman–Crippen LogP) is 2.51. The van der Waals surface area contributed by atoms with Crippen LogP contribution in [0.1, 0.15) is 12.5 Å². The fourth-order valence-corrected chi connectivity index (χ4v) is 4.50. The van der Waals surface area contributed by atoms with Crippen molar-refractivity contribution in [2.45, 2.75) is 12.5 Å². The Hall–Kier alpha value is -0.890. The lowest BCUT2D eigenvalue weighted by Crippen LogP contribution is -2.11. The Labute approximate surface area is 125 Å². The second-order valence-electron chi connectivity index (χ2n) is 4.72. The minimum absolute atomic E-state index is 0.0155. The molecular formula is C13H13IN2O2S. The van der Waals surface area contributed by atoms with Crippen molar-refractivity contribution in [3.8, 4) is 11.4 Å². The van der Waals surface area contributed by atoms with Crippen molar-refractivity contribution >= 4 is 32.4 Å². The van der Waals surface area contributed by atoms with Crippen LogP contribution >= 0.6 is 22.6 Å². The molecule has 2 aromatic rings. The number of nitrogens with zero attached hydrogens (tertiary/aromatic N) is 2. The van der Waals surface area contributed by atoms with Gasteiger partial charge in [-0.05, 0) is 41.1 Å². The number of imidazole rings is 1. The van der Waals surface area contributed by atoms with Crippen molar-refractivity contribution in [3.63, 3.8) is 0 Å². The Kier molecular flexibility index (Phi) is 3.38. The maximum absolute atomic E-state index is 11.6. The van der Waals surface area contributed by atoms with Gasteiger partial charge in [-0.1, -0.05) is 12.1 Å². The highest BCUT2D eigenvalue weighted by Crippen LogP contribution is 2.28. The van der Waals surface area contributed by atoms with Crippen LogP contribution in [0.5, 0.6) is 0 Å². The predicted molar refractivity (Wildman–Crippen MR) is 82.7 cm³/mol. The number of aromatic nitrogens is 2. The Morgan fingerprint density at radius 3 is 2.63 bits per heavy atom. The molecule has 1 unspecified atom stereocenters. The van der Waals surface area contributed by atoms with Crippen LogP contribution in [0, 0.1) is 3.57 Å². The van der Waals surface area contributed by atoms with Gasteiger partial charge in [0.05, 0.1) is 17.5 Å². The monoisotopic (exact) mass is 388 g/mol. The highest BCUT2D eigenvalue weighted by molar-refractivity contribution is 14.1. The Balaban J connectivity index is 1.97. The molecule has 2 heterocycles. The van der Waals surface area contributed by atoms with Gasteiger partial charge in [0.15, 0.2) is 9.84 Å². The fraction of sp³-hybridized carbons (Fsp3) is 0.308. The Morgan fingerprint density at radius 1 is 1.26 bits per heavy atom. The van der Waals surface area contributed by atoms with Crippen molar-refractivity contribution in [3.05, 3.63) is 40.2 Å². The second-order valence-corrected chi connectivity index (χ2v) is 8.20. The van der Waals surface area contributed by atoms with Gasteiger partial charge in [0.2, 0.25) is 0 Å². The Morgan fingerprint density at radius 2 is 2.00 bits per heavy atom. The van der Waals surface area contributed by atoms with Gasteiger partial charge in [-0.25, -0.2) is 13.4 Å². The average Bonchev–Trinajstić information content (AvgIpc) is 2.96. The molecule has 0 bridgehead atoms. The van der Waals surface area contributed by atoms with Crippen LogP contribution in [0.25, 0.3) is 11.4 Å². The SMILES string of the molecule is O=S1(=O)CCC(n2ccnc2-c2ccc(I)cc2)C1. The molecule has 1 atom stereocenters. The summed E-state index contributed by atoms with van der Waals surface area (Å²) in [4.78, 5) is 4.37. The molecular weight excluding hydrogens is 375 g/mol. The van der Waals surface area contributed by atoms with Crippen molar-refractivity contribution < 1.29 is 8.42 Å². The summed E-state index contributed by atoms with van der Waals surface area (Å²) in [6.07, 6.45) is 4.28. The summed E-state index contributed by atoms with van der Waals surface area (Å²) >= 11 is 2.26. The molecule has 0 N–H and O–H groups in total. The van der Waals surface area contributed by atoms with Gasteiger partial charge in [-0.3, -0.25) is 0 Å². The normalized spacial score (nSPS) is 21.6. The first-order valence-electron chi connectivity index (χ1n) is 6.04. The number of halogens is 1. The van der Waals surface area contributed by atoms with E-state index in [1.54, 1.807) is 6.20 Å². The van der Waals surface area contributed by atoms with Crippen molar-refractivity contribution in [1.29, 1.82) is 0 Å². The number of hydrogen-bond acceptors (Lipinski definition) is 3. The third kappa shape index (κ3) is 2.69. The van der Waals surface area contributed by atoms with Gasteiger partial charge in [-0.2, -0.15) is 0 Å². The fourth-order valence-electron chi connectivity index (χ4n) is 2.43. The lowest BCUT2D eigenvalue weighted by atomic mass is 10.2. The van der Waals surface area contributed by atoms with Gasteiger partial charge < -0.3 is 4.57 Å². The summed E-state index contributed by atoms with van der Waals surface area (Å²) in [5.74, 6) is 1.35. The minimum atomic E-state index is -2.88. The third-order valence-electron chi connectivity index (χ3n) is 3.37. The zero-order chi connectivity index (χ0) is 13.5. The molecule has 1 fully saturated rings. The molecule has 1 aliphatic rings. The molecule has 0 radical (unpaired) electrons. The van der Waals surface area contributed by atoms with Gasteiger partial charge in [-0.15, -0.1) is 0 Å². The molecule has 1 aromatic carbocycles. The third-order valence-corrected chi connectivity index (χ3v) is 5.84. The number of sulfone groups is 1. The molecule has 0 aliphatic carbocycles. The lowest BCUT2D eigenvalue weighted by Gasteiger charge is -2.13. The molecule has 0 amide bonds. The summed E-state index contributed by atoms with van der Waals surface area (Å²) in [6.45, 7) is 0. The maximum Gasteiger partial charge on any atom is 0.152 e. The standard InChI is InChI=1S/C13H13IN2O2S/c14-11-3-1-10(2-4-11)13-15-6-7-16(13)12-5-8-19(17,18)9-12/h1-4,6-7,12H,5,8-9H2. The number of rotatable bonds is 2. The summed E-state index contributed by atoms with van der Waals surface area (Å²) in [5, 5.41) is 0. The van der Waals surface area contributed by atoms with Crippen molar-refractivity contribution in [2.75, 3.05) is 11.5 Å². The van der Waals surface area contributed by atoms with Gasteiger partial charge in [0, 0.05) is 21.5 Å². The molecule has 3 rings (SSSR count). The molecule has 0 spiro atoms. The van der Waals surface area contributed by atoms with E-state index in [0.717, 1.165) is 11.4 Å². The highest BCUT2D eigenvalue weighted by Gasteiger charge is 2.30. The molecule has 6 heteroatoms. The van der Waals surface area contributed by atoms with Gasteiger partial charge in [0.25, 0.3) is 0 Å². The van der Waals surface area contributed by atoms with E-state index in [9.17, 15) is 8.42 Å². The van der Waals surface area contributed by atoms with E-state index in [1.165, 1.54) is 3.57 Å². The summed E-state index contributed by atoms with van der Waals surface area (Å²) in [6, 6.07) is 8.11. The quantitative estimate of drug-likeness (QED) is 0.743. The van der Waals surface area contributed by atoms with E-state index >= 15 is 0 Å². The van der Waals surface area contributed by atoms with Crippen LogP contribution in [0.2, 0.25) is 0 Å². The molecule has 1 aliphatic heterocycles. The van der Waals surface area contributed by atoms with Crippen LogP contribution in [0.3, 0.4) is 0 Å². The van der Waals surface area contributed by atoms with E-state index in [0.29, 0.717) is 6.42 Å². The van der Waals surface area contributed by atoms with E-state index < -0.39 is 9.84 Å². The maximum atomic E-state index is 11.6. The molecule has 4 nitrogen and oxygen atoms in total. The van der Waals surface area contributed by atoms with Crippen molar-refractivity contribution in [2.24, 2.45) is 0 Å². The number of benzene rings is 1. The largest absolute Gasteiger partial charge is 0.327 e. The van der Waals surface area contributed by atoms with Crippen LogP contribution in [0.15, 0.2) is 36.7 Å². The first-order valence-corrected chi connectivity index (χ1v) is 8.94. The van der Waals surface area contributed by atoms with Gasteiger partial charge >= 0.3 is 0 Å². The zero-order valence-corrected chi connectivity index (χ0v) is 13.1.